The fourth-order valence-electron chi connectivity index (χ4n) is 8.07. The standard InChI is InChI=1S/C33H29N3O5S/c1-39-24-13-18(11-12-23(24)40-16-17-7-3-2-4-8-17)29-28-20-14-21(30(28)41-35-29)27-26(20)31(37)36(32(27)38)33-22(15-34)19-9-5-6-10-25(19)42-33/h2-4,7-8,11-13,20-21,26-28,30H,5-6,9-10,14,16H2,1H3/t20-,21+,26+,27-,28+,30+/m0/s1. The Labute approximate surface area is 247 Å². The number of nitrogens with zero attached hydrogens (tertiary/aromatic N) is 3. The van der Waals surface area contributed by atoms with Gasteiger partial charge in [-0.15, -0.1) is 11.3 Å². The maximum atomic E-state index is 14.0. The summed E-state index contributed by atoms with van der Waals surface area (Å²) in [6.07, 6.45) is 4.36. The molecule has 2 amide bonds. The number of imide groups is 1. The number of methoxy groups -OCH3 is 1. The predicted molar refractivity (Wildman–Crippen MR) is 155 cm³/mol. The van der Waals surface area contributed by atoms with Crippen LogP contribution in [0.2, 0.25) is 0 Å². The predicted octanol–water partition coefficient (Wildman–Crippen LogP) is 5.26. The molecule has 2 aliphatic heterocycles. The number of anilines is 1. The molecule has 1 saturated heterocycles. The molecule has 0 radical (unpaired) electrons. The first-order chi connectivity index (χ1) is 20.6. The molecule has 9 heteroatoms. The zero-order valence-electron chi connectivity index (χ0n) is 23.1. The third kappa shape index (κ3) is 3.61. The molecule has 2 bridgehead atoms. The zero-order chi connectivity index (χ0) is 28.5. The molecule has 3 aliphatic carbocycles. The summed E-state index contributed by atoms with van der Waals surface area (Å²) in [6, 6.07) is 18.0. The maximum Gasteiger partial charge on any atom is 0.238 e. The number of ether oxygens (including phenoxy) is 2. The zero-order valence-corrected chi connectivity index (χ0v) is 23.9. The van der Waals surface area contributed by atoms with E-state index in [1.54, 1.807) is 7.11 Å². The Bertz CT molecular complexity index is 1690. The Morgan fingerprint density at radius 3 is 2.60 bits per heavy atom. The maximum absolute atomic E-state index is 14.0. The van der Waals surface area contributed by atoms with Crippen LogP contribution >= 0.6 is 11.3 Å². The van der Waals surface area contributed by atoms with E-state index in [4.69, 9.17) is 14.3 Å². The van der Waals surface area contributed by atoms with E-state index in [0.717, 1.165) is 59.4 Å². The molecule has 2 aromatic carbocycles. The number of rotatable bonds is 6. The van der Waals surface area contributed by atoms with Crippen molar-refractivity contribution >= 4 is 33.9 Å². The summed E-state index contributed by atoms with van der Waals surface area (Å²) in [5, 5.41) is 15.0. The summed E-state index contributed by atoms with van der Waals surface area (Å²) >= 11 is 1.46. The molecule has 2 saturated carbocycles. The number of nitriles is 1. The van der Waals surface area contributed by atoms with Gasteiger partial charge in [-0.05, 0) is 67.3 Å². The Morgan fingerprint density at radius 1 is 1.02 bits per heavy atom. The SMILES string of the molecule is COc1cc(C2=NO[C@@H]3[C@@H]4C[C@@H]([C@H]5C(=O)N(c6sc7c(c6C#N)CCCC7)C(=O)[C@@H]45)[C@H]23)ccc1OCc1ccccc1. The number of thiophene rings is 1. The van der Waals surface area contributed by atoms with Crippen LogP contribution in [0.15, 0.2) is 53.7 Å². The highest BCUT2D eigenvalue weighted by molar-refractivity contribution is 7.17. The van der Waals surface area contributed by atoms with E-state index in [2.05, 4.69) is 11.2 Å². The van der Waals surface area contributed by atoms with Crippen molar-refractivity contribution in [1.29, 1.82) is 5.26 Å². The van der Waals surface area contributed by atoms with Gasteiger partial charge < -0.3 is 14.3 Å². The fraction of sp³-hybridized carbons (Fsp3) is 0.394. The van der Waals surface area contributed by atoms with Crippen molar-refractivity contribution in [2.75, 3.05) is 12.0 Å². The Hall–Kier alpha value is -4.16. The molecule has 1 aromatic heterocycles. The van der Waals surface area contributed by atoms with E-state index in [-0.39, 0.29) is 35.7 Å². The molecule has 5 aliphatic rings. The third-order valence-electron chi connectivity index (χ3n) is 9.85. The van der Waals surface area contributed by atoms with Crippen LogP contribution in [0, 0.1) is 40.9 Å². The van der Waals surface area contributed by atoms with Crippen molar-refractivity contribution in [1.82, 2.24) is 0 Å². The summed E-state index contributed by atoms with van der Waals surface area (Å²) in [7, 11) is 1.61. The minimum atomic E-state index is -0.424. The molecule has 3 fully saturated rings. The minimum Gasteiger partial charge on any atom is -0.493 e. The van der Waals surface area contributed by atoms with Crippen LogP contribution in [-0.4, -0.2) is 30.7 Å². The number of benzene rings is 2. The monoisotopic (exact) mass is 579 g/mol. The number of hydrogen-bond donors (Lipinski definition) is 0. The molecule has 212 valence electrons. The Morgan fingerprint density at radius 2 is 1.81 bits per heavy atom. The van der Waals surface area contributed by atoms with Gasteiger partial charge in [0.1, 0.15) is 23.8 Å². The van der Waals surface area contributed by atoms with E-state index < -0.39 is 11.8 Å². The highest BCUT2D eigenvalue weighted by Crippen LogP contribution is 2.62. The van der Waals surface area contributed by atoms with Gasteiger partial charge in [-0.2, -0.15) is 5.26 Å². The largest absolute Gasteiger partial charge is 0.493 e. The van der Waals surface area contributed by atoms with Crippen molar-refractivity contribution in [3.8, 4) is 17.6 Å². The van der Waals surface area contributed by atoms with Crippen molar-refractivity contribution in [3.05, 3.63) is 75.7 Å². The normalized spacial score (nSPS) is 28.6. The van der Waals surface area contributed by atoms with E-state index in [1.165, 1.54) is 16.2 Å². The molecule has 0 spiro atoms. The molecule has 8 rings (SSSR count). The minimum absolute atomic E-state index is 0.0483. The molecule has 3 heterocycles. The van der Waals surface area contributed by atoms with Crippen LogP contribution in [0.5, 0.6) is 11.5 Å². The molecule has 0 unspecified atom stereocenters. The highest BCUT2D eigenvalue weighted by atomic mass is 32.1. The van der Waals surface area contributed by atoms with Gasteiger partial charge >= 0.3 is 0 Å². The van der Waals surface area contributed by atoms with Crippen molar-refractivity contribution < 1.29 is 23.9 Å². The summed E-state index contributed by atoms with van der Waals surface area (Å²) in [5.41, 5.74) is 4.27. The van der Waals surface area contributed by atoms with Gasteiger partial charge in [0, 0.05) is 22.3 Å². The summed E-state index contributed by atoms with van der Waals surface area (Å²) in [5.74, 6) is -0.169. The summed E-state index contributed by atoms with van der Waals surface area (Å²) in [4.78, 5) is 36.4. The van der Waals surface area contributed by atoms with Gasteiger partial charge in [0.15, 0.2) is 11.5 Å². The number of carbonyl (C=O) groups excluding carboxylic acids is 2. The van der Waals surface area contributed by atoms with E-state index in [9.17, 15) is 14.9 Å². The van der Waals surface area contributed by atoms with E-state index in [0.29, 0.717) is 28.7 Å². The molecule has 42 heavy (non-hydrogen) atoms. The lowest BCUT2D eigenvalue weighted by atomic mass is 9.71. The average molecular weight is 580 g/mol. The molecular weight excluding hydrogens is 550 g/mol. The second-order valence-corrected chi connectivity index (χ2v) is 12.9. The van der Waals surface area contributed by atoms with Crippen molar-refractivity contribution in [2.24, 2.45) is 34.7 Å². The Kier molecular flexibility index (Phi) is 5.90. The average Bonchev–Trinajstić information content (AvgIpc) is 3.82. The second kappa shape index (κ2) is 9.70. The van der Waals surface area contributed by atoms with Gasteiger partial charge in [-0.3, -0.25) is 9.59 Å². The van der Waals surface area contributed by atoms with Crippen LogP contribution in [0.25, 0.3) is 0 Å². The van der Waals surface area contributed by atoms with Crippen LogP contribution < -0.4 is 14.4 Å². The van der Waals surface area contributed by atoms with E-state index in [1.807, 2.05) is 48.5 Å². The first-order valence-corrected chi connectivity index (χ1v) is 15.4. The molecule has 3 aromatic rings. The van der Waals surface area contributed by atoms with Gasteiger partial charge in [-0.25, -0.2) is 4.90 Å². The van der Waals surface area contributed by atoms with Crippen molar-refractivity contribution in [2.45, 2.75) is 44.8 Å². The first kappa shape index (κ1) is 25.5. The quantitative estimate of drug-likeness (QED) is 0.369. The van der Waals surface area contributed by atoms with Crippen LogP contribution in [0.1, 0.15) is 46.4 Å². The lowest BCUT2D eigenvalue weighted by Gasteiger charge is -2.29. The number of aryl methyl sites for hydroxylation is 1. The van der Waals surface area contributed by atoms with Gasteiger partial charge in [0.05, 0.1) is 30.2 Å². The number of hydrogen-bond acceptors (Lipinski definition) is 8. The summed E-state index contributed by atoms with van der Waals surface area (Å²) < 4.78 is 11.7. The molecular formula is C33H29N3O5S. The van der Waals surface area contributed by atoms with E-state index >= 15 is 0 Å². The highest BCUT2D eigenvalue weighted by Gasteiger charge is 2.70. The first-order valence-electron chi connectivity index (χ1n) is 14.6. The fourth-order valence-corrected chi connectivity index (χ4v) is 9.42. The van der Waals surface area contributed by atoms with Gasteiger partial charge in [-0.1, -0.05) is 35.5 Å². The van der Waals surface area contributed by atoms with Gasteiger partial charge in [0.2, 0.25) is 11.8 Å². The second-order valence-electron chi connectivity index (χ2n) is 11.8. The molecule has 8 nitrogen and oxygen atoms in total. The number of amides is 2. The van der Waals surface area contributed by atoms with Crippen LogP contribution in [0.4, 0.5) is 5.00 Å². The van der Waals surface area contributed by atoms with Gasteiger partial charge in [0.25, 0.3) is 0 Å². The summed E-state index contributed by atoms with van der Waals surface area (Å²) in [6.45, 7) is 0.422. The molecule has 0 N–H and O–H groups in total. The topological polar surface area (TPSA) is 101 Å². The smallest absolute Gasteiger partial charge is 0.238 e. The number of carbonyl (C=O) groups is 2. The van der Waals surface area contributed by atoms with Crippen LogP contribution in [0.3, 0.4) is 0 Å². The number of oxime groups is 1. The number of fused-ring (bicyclic) bond motifs is 9. The van der Waals surface area contributed by atoms with Crippen LogP contribution in [-0.2, 0) is 33.9 Å². The third-order valence-corrected chi connectivity index (χ3v) is 11.1. The van der Waals surface area contributed by atoms with Crippen molar-refractivity contribution in [3.63, 3.8) is 0 Å². The lowest BCUT2D eigenvalue weighted by molar-refractivity contribution is -0.125. The molecule has 6 atom stereocenters. The Balaban J connectivity index is 1.07. The lowest BCUT2D eigenvalue weighted by Crippen LogP contribution is -2.41.